The van der Waals surface area contributed by atoms with Crippen LogP contribution in [0.2, 0.25) is 0 Å². The molecule has 2 aromatic rings. The van der Waals surface area contributed by atoms with Crippen molar-refractivity contribution < 1.29 is 14.3 Å². The smallest absolute Gasteiger partial charge is 0.311 e. The molecule has 0 aliphatic carbocycles. The zero-order chi connectivity index (χ0) is 18.4. The van der Waals surface area contributed by atoms with Gasteiger partial charge in [0.2, 0.25) is 0 Å². The second-order valence-corrected chi connectivity index (χ2v) is 6.82. The van der Waals surface area contributed by atoms with Crippen molar-refractivity contribution in [3.63, 3.8) is 0 Å². The molecule has 0 amide bonds. The van der Waals surface area contributed by atoms with Crippen LogP contribution in [0.1, 0.15) is 54.9 Å². The van der Waals surface area contributed by atoms with Gasteiger partial charge in [-0.15, -0.1) is 0 Å². The molecule has 0 spiro atoms. The lowest BCUT2D eigenvalue weighted by Gasteiger charge is -2.13. The van der Waals surface area contributed by atoms with Gasteiger partial charge in [0.05, 0.1) is 6.61 Å². The van der Waals surface area contributed by atoms with Crippen LogP contribution in [0, 0.1) is 20.8 Å². The molecule has 0 atom stereocenters. The molecule has 0 unspecified atom stereocenters. The molecule has 0 aliphatic heterocycles. The maximum Gasteiger partial charge on any atom is 0.311 e. The van der Waals surface area contributed by atoms with E-state index in [1.54, 1.807) is 0 Å². The molecule has 0 fully saturated rings. The van der Waals surface area contributed by atoms with Crippen LogP contribution in [0.15, 0.2) is 36.4 Å². The van der Waals surface area contributed by atoms with Crippen molar-refractivity contribution >= 4 is 5.97 Å². The highest BCUT2D eigenvalue weighted by Gasteiger charge is 2.10. The van der Waals surface area contributed by atoms with E-state index in [0.717, 1.165) is 16.9 Å². The normalized spacial score (nSPS) is 10.8. The maximum absolute atomic E-state index is 12.0. The molecular weight excluding hydrogens is 312 g/mol. The Balaban J connectivity index is 1.79. The summed E-state index contributed by atoms with van der Waals surface area (Å²) in [5.74, 6) is 1.82. The number of ether oxygens (including phenoxy) is 2. The lowest BCUT2D eigenvalue weighted by molar-refractivity contribution is -0.134. The van der Waals surface area contributed by atoms with Crippen LogP contribution in [0.25, 0.3) is 0 Å². The van der Waals surface area contributed by atoms with Crippen LogP contribution in [-0.2, 0) is 4.79 Å². The van der Waals surface area contributed by atoms with Gasteiger partial charge in [0, 0.05) is 6.42 Å². The fourth-order valence-corrected chi connectivity index (χ4v) is 2.92. The molecule has 25 heavy (non-hydrogen) atoms. The largest absolute Gasteiger partial charge is 0.494 e. The Morgan fingerprint density at radius 2 is 1.68 bits per heavy atom. The van der Waals surface area contributed by atoms with Gasteiger partial charge in [-0.1, -0.05) is 38.1 Å². The minimum absolute atomic E-state index is 0.215. The standard InChI is InChI=1S/C22H28O3/c1-15(2)20-12-11-19(14-18(20)5)24-13-7-10-21(23)25-22-16(3)8-6-9-17(22)4/h6,8-9,11-12,14-15H,7,10,13H2,1-5H3. The van der Waals surface area contributed by atoms with E-state index in [1.165, 1.54) is 11.1 Å². The van der Waals surface area contributed by atoms with E-state index in [2.05, 4.69) is 32.9 Å². The third-order valence-electron chi connectivity index (χ3n) is 4.28. The summed E-state index contributed by atoms with van der Waals surface area (Å²) in [4.78, 5) is 12.0. The molecule has 0 radical (unpaired) electrons. The Kier molecular flexibility index (Phi) is 6.63. The summed E-state index contributed by atoms with van der Waals surface area (Å²) in [5.41, 5.74) is 4.53. The predicted octanol–water partition coefficient (Wildman–Crippen LogP) is 5.50. The average Bonchev–Trinajstić information content (AvgIpc) is 2.55. The third kappa shape index (κ3) is 5.35. The van der Waals surface area contributed by atoms with Crippen molar-refractivity contribution in [1.29, 1.82) is 0 Å². The Morgan fingerprint density at radius 3 is 2.28 bits per heavy atom. The number of carbonyl (C=O) groups is 1. The van der Waals surface area contributed by atoms with Crippen molar-refractivity contribution in [2.24, 2.45) is 0 Å². The molecule has 134 valence electrons. The molecule has 0 bridgehead atoms. The fourth-order valence-electron chi connectivity index (χ4n) is 2.92. The molecule has 3 nitrogen and oxygen atoms in total. The first-order chi connectivity index (χ1) is 11.9. The molecule has 2 aromatic carbocycles. The van der Waals surface area contributed by atoms with E-state index in [4.69, 9.17) is 9.47 Å². The highest BCUT2D eigenvalue weighted by Crippen LogP contribution is 2.24. The first-order valence-electron chi connectivity index (χ1n) is 8.88. The summed E-state index contributed by atoms with van der Waals surface area (Å²) < 4.78 is 11.3. The van der Waals surface area contributed by atoms with Gasteiger partial charge in [0.1, 0.15) is 11.5 Å². The van der Waals surface area contributed by atoms with Crippen LogP contribution in [0.4, 0.5) is 0 Å². The molecule has 3 heteroatoms. The van der Waals surface area contributed by atoms with E-state index in [0.29, 0.717) is 31.1 Å². The van der Waals surface area contributed by atoms with Gasteiger partial charge in [-0.3, -0.25) is 4.79 Å². The molecule has 0 saturated heterocycles. The van der Waals surface area contributed by atoms with E-state index in [9.17, 15) is 4.79 Å². The summed E-state index contributed by atoms with van der Waals surface area (Å²) in [6, 6.07) is 12.0. The minimum Gasteiger partial charge on any atom is -0.494 e. The van der Waals surface area contributed by atoms with Crippen LogP contribution in [-0.4, -0.2) is 12.6 Å². The highest BCUT2D eigenvalue weighted by molar-refractivity contribution is 5.73. The van der Waals surface area contributed by atoms with Gasteiger partial charge >= 0.3 is 5.97 Å². The average molecular weight is 340 g/mol. The topological polar surface area (TPSA) is 35.5 Å². The highest BCUT2D eigenvalue weighted by atomic mass is 16.5. The van der Waals surface area contributed by atoms with Crippen molar-refractivity contribution in [2.75, 3.05) is 6.61 Å². The van der Waals surface area contributed by atoms with E-state index in [1.807, 2.05) is 38.1 Å². The van der Waals surface area contributed by atoms with Crippen molar-refractivity contribution in [2.45, 2.75) is 53.4 Å². The zero-order valence-electron chi connectivity index (χ0n) is 15.9. The molecular formula is C22H28O3. The minimum atomic E-state index is -0.215. The third-order valence-corrected chi connectivity index (χ3v) is 4.28. The van der Waals surface area contributed by atoms with Crippen molar-refractivity contribution in [1.82, 2.24) is 0 Å². The van der Waals surface area contributed by atoms with Crippen molar-refractivity contribution in [3.05, 3.63) is 58.7 Å². The molecule has 0 aliphatic rings. The second kappa shape index (κ2) is 8.70. The number of hydrogen-bond acceptors (Lipinski definition) is 3. The van der Waals surface area contributed by atoms with E-state index < -0.39 is 0 Å². The number of carbonyl (C=O) groups excluding carboxylic acids is 1. The Hall–Kier alpha value is -2.29. The van der Waals surface area contributed by atoms with Gasteiger partial charge in [-0.2, -0.15) is 0 Å². The lowest BCUT2D eigenvalue weighted by atomic mass is 9.98. The Morgan fingerprint density at radius 1 is 1.00 bits per heavy atom. The van der Waals surface area contributed by atoms with Gasteiger partial charge in [-0.25, -0.2) is 0 Å². The summed E-state index contributed by atoms with van der Waals surface area (Å²) >= 11 is 0. The van der Waals surface area contributed by atoms with Gasteiger partial charge in [-0.05, 0) is 67.5 Å². The van der Waals surface area contributed by atoms with Gasteiger partial charge in [0.25, 0.3) is 0 Å². The van der Waals surface area contributed by atoms with Crippen LogP contribution in [0.3, 0.4) is 0 Å². The fraction of sp³-hybridized carbons (Fsp3) is 0.409. The molecule has 0 saturated carbocycles. The maximum atomic E-state index is 12.0. The van der Waals surface area contributed by atoms with Gasteiger partial charge in [0.15, 0.2) is 0 Å². The Bertz CT molecular complexity index is 712. The van der Waals surface area contributed by atoms with Crippen molar-refractivity contribution in [3.8, 4) is 11.5 Å². The van der Waals surface area contributed by atoms with E-state index in [-0.39, 0.29) is 5.97 Å². The molecule has 0 N–H and O–H groups in total. The first-order valence-corrected chi connectivity index (χ1v) is 8.88. The van der Waals surface area contributed by atoms with E-state index >= 15 is 0 Å². The summed E-state index contributed by atoms with van der Waals surface area (Å²) in [6.07, 6.45) is 0.978. The number of aryl methyl sites for hydroxylation is 3. The predicted molar refractivity (Wildman–Crippen MR) is 102 cm³/mol. The number of benzene rings is 2. The second-order valence-electron chi connectivity index (χ2n) is 6.82. The monoisotopic (exact) mass is 340 g/mol. The van der Waals surface area contributed by atoms with Gasteiger partial charge < -0.3 is 9.47 Å². The molecule has 2 rings (SSSR count). The summed E-state index contributed by atoms with van der Waals surface area (Å²) in [6.45, 7) is 10.9. The van der Waals surface area contributed by atoms with Crippen LogP contribution >= 0.6 is 0 Å². The molecule has 0 heterocycles. The summed E-state index contributed by atoms with van der Waals surface area (Å²) in [7, 11) is 0. The number of para-hydroxylation sites is 1. The summed E-state index contributed by atoms with van der Waals surface area (Å²) in [5, 5.41) is 0. The zero-order valence-corrected chi connectivity index (χ0v) is 15.9. The number of hydrogen-bond donors (Lipinski definition) is 0. The SMILES string of the molecule is Cc1cc(OCCCC(=O)Oc2c(C)cccc2C)ccc1C(C)C. The van der Waals surface area contributed by atoms with Crippen LogP contribution < -0.4 is 9.47 Å². The quantitative estimate of drug-likeness (QED) is 0.379. The Labute approximate surface area is 151 Å². The lowest BCUT2D eigenvalue weighted by Crippen LogP contribution is -2.11. The number of rotatable bonds is 7. The molecule has 0 aromatic heterocycles. The first kappa shape index (κ1) is 19.0. The number of esters is 1. The van der Waals surface area contributed by atoms with Crippen LogP contribution in [0.5, 0.6) is 11.5 Å².